The van der Waals surface area contributed by atoms with Gasteiger partial charge >= 0.3 is 0 Å². The van der Waals surface area contributed by atoms with Crippen molar-refractivity contribution >= 4 is 11.6 Å². The minimum absolute atomic E-state index is 0.00686. The maximum Gasteiger partial charge on any atom is 0.227 e. The van der Waals surface area contributed by atoms with E-state index < -0.39 is 0 Å². The minimum Gasteiger partial charge on any atom is -0.494 e. The molecule has 0 saturated heterocycles. The second kappa shape index (κ2) is 5.17. The van der Waals surface area contributed by atoms with Crippen molar-refractivity contribution < 1.29 is 13.9 Å². The number of hydrogen-bond donors (Lipinski definition) is 1. The molecule has 0 atom stereocenters. The number of ether oxygens (including phenoxy) is 1. The van der Waals surface area contributed by atoms with Crippen LogP contribution in [0, 0.1) is 11.7 Å². The number of benzene rings is 1. The average molecular weight is 237 g/mol. The fourth-order valence-corrected chi connectivity index (χ4v) is 2.19. The first-order valence-corrected chi connectivity index (χ1v) is 5.85. The Balaban J connectivity index is 2.09. The summed E-state index contributed by atoms with van der Waals surface area (Å²) in [5.74, 6) is 0.0780. The van der Waals surface area contributed by atoms with E-state index in [1.54, 1.807) is 0 Å². The predicted molar refractivity (Wildman–Crippen MR) is 63.5 cm³/mol. The first-order valence-electron chi connectivity index (χ1n) is 5.85. The number of halogens is 1. The van der Waals surface area contributed by atoms with Crippen LogP contribution in [0.25, 0.3) is 0 Å². The zero-order valence-electron chi connectivity index (χ0n) is 9.83. The lowest BCUT2D eigenvalue weighted by atomic mass is 10.1. The van der Waals surface area contributed by atoms with Gasteiger partial charge in [-0.15, -0.1) is 0 Å². The van der Waals surface area contributed by atoms with Gasteiger partial charge in [-0.05, 0) is 25.0 Å². The number of methoxy groups -OCH3 is 1. The van der Waals surface area contributed by atoms with Crippen LogP contribution in [0.1, 0.15) is 25.7 Å². The third-order valence-electron chi connectivity index (χ3n) is 3.15. The van der Waals surface area contributed by atoms with Crippen molar-refractivity contribution in [1.82, 2.24) is 0 Å². The molecule has 0 aliphatic heterocycles. The summed E-state index contributed by atoms with van der Waals surface area (Å²) in [7, 11) is 1.46. The lowest BCUT2D eigenvalue weighted by molar-refractivity contribution is -0.119. The molecule has 0 aromatic heterocycles. The SMILES string of the molecule is COc1cc(F)ccc1NC(=O)C1CCCC1. The Morgan fingerprint density at radius 2 is 2.12 bits per heavy atom. The molecule has 0 spiro atoms. The summed E-state index contributed by atoms with van der Waals surface area (Å²) < 4.78 is 18.0. The summed E-state index contributed by atoms with van der Waals surface area (Å²) in [5.41, 5.74) is 0.533. The molecule has 1 aromatic carbocycles. The molecule has 1 fully saturated rings. The third kappa shape index (κ3) is 2.75. The van der Waals surface area contributed by atoms with Gasteiger partial charge < -0.3 is 10.1 Å². The minimum atomic E-state index is -0.374. The fraction of sp³-hybridized carbons (Fsp3) is 0.462. The van der Waals surface area contributed by atoms with E-state index in [1.165, 1.54) is 25.3 Å². The molecule has 1 aromatic rings. The van der Waals surface area contributed by atoms with Gasteiger partial charge in [0, 0.05) is 12.0 Å². The zero-order chi connectivity index (χ0) is 12.3. The Hall–Kier alpha value is -1.58. The molecule has 92 valence electrons. The molecule has 1 amide bonds. The number of amides is 1. The summed E-state index contributed by atoms with van der Waals surface area (Å²) in [6, 6.07) is 4.11. The number of rotatable bonds is 3. The molecular weight excluding hydrogens is 221 g/mol. The van der Waals surface area contributed by atoms with Crippen molar-refractivity contribution in [3.05, 3.63) is 24.0 Å². The van der Waals surface area contributed by atoms with E-state index in [4.69, 9.17) is 4.74 Å². The highest BCUT2D eigenvalue weighted by Gasteiger charge is 2.23. The number of hydrogen-bond acceptors (Lipinski definition) is 2. The number of carbonyl (C=O) groups is 1. The van der Waals surface area contributed by atoms with E-state index in [-0.39, 0.29) is 17.6 Å². The molecule has 4 heteroatoms. The lowest BCUT2D eigenvalue weighted by Gasteiger charge is -2.13. The van der Waals surface area contributed by atoms with E-state index in [0.29, 0.717) is 11.4 Å². The normalized spacial score (nSPS) is 15.9. The first-order chi connectivity index (χ1) is 8.20. The van der Waals surface area contributed by atoms with Gasteiger partial charge in [0.1, 0.15) is 11.6 Å². The highest BCUT2D eigenvalue weighted by molar-refractivity contribution is 5.94. The maximum absolute atomic E-state index is 13.0. The van der Waals surface area contributed by atoms with Crippen molar-refractivity contribution in [2.45, 2.75) is 25.7 Å². The number of nitrogens with one attached hydrogen (secondary N) is 1. The Kier molecular flexibility index (Phi) is 3.61. The highest BCUT2D eigenvalue weighted by atomic mass is 19.1. The summed E-state index contributed by atoms with van der Waals surface area (Å²) in [6.45, 7) is 0. The quantitative estimate of drug-likeness (QED) is 0.877. The van der Waals surface area contributed by atoms with Crippen LogP contribution in [0.4, 0.5) is 10.1 Å². The molecule has 1 saturated carbocycles. The molecule has 1 N–H and O–H groups in total. The van der Waals surface area contributed by atoms with Gasteiger partial charge in [-0.3, -0.25) is 4.79 Å². The van der Waals surface area contributed by atoms with Crippen LogP contribution in [-0.4, -0.2) is 13.0 Å². The smallest absolute Gasteiger partial charge is 0.227 e. The van der Waals surface area contributed by atoms with E-state index in [9.17, 15) is 9.18 Å². The zero-order valence-corrected chi connectivity index (χ0v) is 9.83. The first kappa shape index (κ1) is 11.9. The molecule has 0 bridgehead atoms. The van der Waals surface area contributed by atoms with Crippen LogP contribution in [0.15, 0.2) is 18.2 Å². The van der Waals surface area contributed by atoms with Crippen LogP contribution >= 0.6 is 0 Å². The molecule has 0 radical (unpaired) electrons. The largest absolute Gasteiger partial charge is 0.494 e. The second-order valence-electron chi connectivity index (χ2n) is 4.32. The molecule has 17 heavy (non-hydrogen) atoms. The Morgan fingerprint density at radius 1 is 1.41 bits per heavy atom. The van der Waals surface area contributed by atoms with E-state index in [0.717, 1.165) is 25.7 Å². The van der Waals surface area contributed by atoms with Crippen LogP contribution in [0.2, 0.25) is 0 Å². The van der Waals surface area contributed by atoms with Gasteiger partial charge in [-0.25, -0.2) is 4.39 Å². The molecule has 0 heterocycles. The molecule has 1 aliphatic rings. The van der Waals surface area contributed by atoms with Gasteiger partial charge in [-0.1, -0.05) is 12.8 Å². The van der Waals surface area contributed by atoms with Crippen molar-refractivity contribution in [2.24, 2.45) is 5.92 Å². The Morgan fingerprint density at radius 3 is 2.76 bits per heavy atom. The molecule has 0 unspecified atom stereocenters. The van der Waals surface area contributed by atoms with E-state index >= 15 is 0 Å². The van der Waals surface area contributed by atoms with Crippen molar-refractivity contribution in [1.29, 1.82) is 0 Å². The lowest BCUT2D eigenvalue weighted by Crippen LogP contribution is -2.20. The fourth-order valence-electron chi connectivity index (χ4n) is 2.19. The van der Waals surface area contributed by atoms with Gasteiger partial charge in [0.2, 0.25) is 5.91 Å². The Bertz CT molecular complexity index is 414. The predicted octanol–water partition coefficient (Wildman–Crippen LogP) is 2.96. The van der Waals surface area contributed by atoms with E-state index in [2.05, 4.69) is 5.32 Å². The Labute approximate surface area is 100.0 Å². The van der Waals surface area contributed by atoms with Crippen LogP contribution in [-0.2, 0) is 4.79 Å². The average Bonchev–Trinajstić information content (AvgIpc) is 2.85. The monoisotopic (exact) mass is 237 g/mol. The van der Waals surface area contributed by atoms with Crippen LogP contribution in [0.5, 0.6) is 5.75 Å². The van der Waals surface area contributed by atoms with Gasteiger partial charge in [-0.2, -0.15) is 0 Å². The van der Waals surface area contributed by atoms with Gasteiger partial charge in [0.15, 0.2) is 0 Å². The summed E-state index contributed by atoms with van der Waals surface area (Å²) in [4.78, 5) is 11.9. The van der Waals surface area contributed by atoms with Crippen molar-refractivity contribution in [3.8, 4) is 5.75 Å². The molecular formula is C13H16FNO2. The summed E-state index contributed by atoms with van der Waals surface area (Å²) >= 11 is 0. The third-order valence-corrected chi connectivity index (χ3v) is 3.15. The highest BCUT2D eigenvalue weighted by Crippen LogP contribution is 2.29. The van der Waals surface area contributed by atoms with E-state index in [1.807, 2.05) is 0 Å². The molecule has 3 nitrogen and oxygen atoms in total. The maximum atomic E-state index is 13.0. The van der Waals surface area contributed by atoms with Crippen molar-refractivity contribution in [3.63, 3.8) is 0 Å². The van der Waals surface area contributed by atoms with Gasteiger partial charge in [0.25, 0.3) is 0 Å². The molecule has 1 aliphatic carbocycles. The summed E-state index contributed by atoms with van der Waals surface area (Å²) in [5, 5.41) is 2.80. The standard InChI is InChI=1S/C13H16FNO2/c1-17-12-8-10(14)6-7-11(12)15-13(16)9-4-2-3-5-9/h6-9H,2-5H2,1H3,(H,15,16). The topological polar surface area (TPSA) is 38.3 Å². The molecule has 2 rings (SSSR count). The van der Waals surface area contributed by atoms with Gasteiger partial charge in [0.05, 0.1) is 12.8 Å². The second-order valence-corrected chi connectivity index (χ2v) is 4.32. The number of anilines is 1. The number of carbonyl (C=O) groups excluding carboxylic acids is 1. The van der Waals surface area contributed by atoms with Crippen LogP contribution in [0.3, 0.4) is 0 Å². The van der Waals surface area contributed by atoms with Crippen LogP contribution < -0.4 is 10.1 Å². The van der Waals surface area contributed by atoms with Crippen molar-refractivity contribution in [2.75, 3.05) is 12.4 Å². The summed E-state index contributed by atoms with van der Waals surface area (Å²) in [6.07, 6.45) is 4.10.